The monoisotopic (exact) mass is 380 g/mol. The molecular weight excluding hydrogens is 359 g/mol. The molecule has 0 atom stereocenters. The van der Waals surface area contributed by atoms with Gasteiger partial charge in [-0.05, 0) is 60.4 Å². The molecular formula is C22H21FN2O3. The van der Waals surface area contributed by atoms with E-state index >= 15 is 0 Å². The quantitative estimate of drug-likeness (QED) is 0.833. The third kappa shape index (κ3) is 3.10. The molecule has 5 nitrogen and oxygen atoms in total. The molecule has 2 amide bonds. The molecule has 2 aromatic carbocycles. The third-order valence-electron chi connectivity index (χ3n) is 5.46. The largest absolute Gasteiger partial charge is 0.381 e. The van der Waals surface area contributed by atoms with E-state index in [1.165, 1.54) is 18.2 Å². The number of carbonyl (C=O) groups excluding carboxylic acids is 2. The van der Waals surface area contributed by atoms with E-state index in [4.69, 9.17) is 0 Å². The van der Waals surface area contributed by atoms with E-state index in [-0.39, 0.29) is 30.7 Å². The average Bonchev–Trinajstić information content (AvgIpc) is 2.70. The van der Waals surface area contributed by atoms with Crippen LogP contribution in [0.1, 0.15) is 27.9 Å². The number of fused-ring (bicyclic) bond motifs is 1. The first-order valence-electron chi connectivity index (χ1n) is 9.26. The SMILES string of the molecule is C=CC(=O)N1CCCc2cc(C(=O)N3CC(O)(c4ccc(F)cc4)C3)ccc21. The number of aliphatic hydroxyl groups is 1. The number of nitrogens with zero attached hydrogens (tertiary/aromatic N) is 2. The van der Waals surface area contributed by atoms with Gasteiger partial charge in [-0.25, -0.2) is 4.39 Å². The molecule has 1 fully saturated rings. The van der Waals surface area contributed by atoms with Crippen LogP contribution in [0.25, 0.3) is 0 Å². The second-order valence-electron chi connectivity index (χ2n) is 7.34. The van der Waals surface area contributed by atoms with E-state index in [0.29, 0.717) is 17.7 Å². The highest BCUT2D eigenvalue weighted by molar-refractivity contribution is 6.02. The predicted molar refractivity (Wildman–Crippen MR) is 104 cm³/mol. The van der Waals surface area contributed by atoms with Crippen molar-refractivity contribution in [1.29, 1.82) is 0 Å². The Labute approximate surface area is 162 Å². The zero-order valence-corrected chi connectivity index (χ0v) is 15.4. The number of amides is 2. The Hall–Kier alpha value is -2.99. The van der Waals surface area contributed by atoms with Gasteiger partial charge in [0.1, 0.15) is 11.4 Å². The lowest BCUT2D eigenvalue weighted by Gasteiger charge is -2.46. The highest BCUT2D eigenvalue weighted by Crippen LogP contribution is 2.34. The molecule has 0 aliphatic carbocycles. The maximum absolute atomic E-state index is 13.1. The standard InChI is InChI=1S/C22H21FN2O3/c1-2-20(26)25-11-3-4-15-12-16(5-10-19(15)25)21(27)24-13-22(28,14-24)17-6-8-18(23)9-7-17/h2,5-10,12,28H,1,3-4,11,13-14H2. The van der Waals surface area contributed by atoms with Crippen LogP contribution in [-0.2, 0) is 16.8 Å². The average molecular weight is 380 g/mol. The van der Waals surface area contributed by atoms with Crippen molar-refractivity contribution in [1.82, 2.24) is 4.90 Å². The topological polar surface area (TPSA) is 60.9 Å². The van der Waals surface area contributed by atoms with Gasteiger partial charge in [-0.1, -0.05) is 18.7 Å². The summed E-state index contributed by atoms with van der Waals surface area (Å²) < 4.78 is 13.1. The van der Waals surface area contributed by atoms with Gasteiger partial charge in [0.2, 0.25) is 5.91 Å². The first-order chi connectivity index (χ1) is 13.4. The van der Waals surface area contributed by atoms with E-state index in [1.54, 1.807) is 34.1 Å². The summed E-state index contributed by atoms with van der Waals surface area (Å²) in [4.78, 5) is 28.1. The van der Waals surface area contributed by atoms with Crippen LogP contribution in [0, 0.1) is 5.82 Å². The number of carbonyl (C=O) groups is 2. The number of β-amino-alcohol motifs (C(OH)–C–C–N with tert-alkyl or cyclic N) is 1. The van der Waals surface area contributed by atoms with Crippen LogP contribution in [0.5, 0.6) is 0 Å². The first kappa shape index (κ1) is 18.4. The molecule has 4 rings (SSSR count). The zero-order valence-electron chi connectivity index (χ0n) is 15.4. The molecule has 28 heavy (non-hydrogen) atoms. The van der Waals surface area contributed by atoms with Crippen LogP contribution < -0.4 is 4.90 Å². The molecule has 2 aromatic rings. The van der Waals surface area contributed by atoms with Gasteiger partial charge in [-0.2, -0.15) is 0 Å². The van der Waals surface area contributed by atoms with Gasteiger partial charge < -0.3 is 14.9 Å². The summed E-state index contributed by atoms with van der Waals surface area (Å²) in [6, 6.07) is 11.0. The first-order valence-corrected chi connectivity index (χ1v) is 9.26. The third-order valence-corrected chi connectivity index (χ3v) is 5.46. The number of hydrogen-bond acceptors (Lipinski definition) is 3. The molecule has 2 heterocycles. The maximum Gasteiger partial charge on any atom is 0.254 e. The summed E-state index contributed by atoms with van der Waals surface area (Å²) >= 11 is 0. The molecule has 0 bridgehead atoms. The number of likely N-dealkylation sites (tertiary alicyclic amines) is 1. The van der Waals surface area contributed by atoms with Crippen LogP contribution in [0.3, 0.4) is 0 Å². The van der Waals surface area contributed by atoms with Crippen LogP contribution in [-0.4, -0.2) is 41.5 Å². The fourth-order valence-electron chi connectivity index (χ4n) is 3.92. The molecule has 0 radical (unpaired) electrons. The summed E-state index contributed by atoms with van der Waals surface area (Å²) in [5.41, 5.74) is 1.76. The van der Waals surface area contributed by atoms with Gasteiger partial charge in [0.25, 0.3) is 5.91 Å². The number of benzene rings is 2. The Morgan fingerprint density at radius 2 is 1.86 bits per heavy atom. The lowest BCUT2D eigenvalue weighted by molar-refractivity contribution is -0.114. The fraction of sp³-hybridized carbons (Fsp3) is 0.273. The minimum Gasteiger partial charge on any atom is -0.381 e. The number of halogens is 1. The van der Waals surface area contributed by atoms with Gasteiger partial charge in [0.15, 0.2) is 0 Å². The van der Waals surface area contributed by atoms with Crippen molar-refractivity contribution < 1.29 is 19.1 Å². The van der Waals surface area contributed by atoms with Crippen molar-refractivity contribution in [2.24, 2.45) is 0 Å². The molecule has 1 N–H and O–H groups in total. The van der Waals surface area contributed by atoms with Crippen molar-refractivity contribution in [3.8, 4) is 0 Å². The van der Waals surface area contributed by atoms with E-state index < -0.39 is 5.60 Å². The van der Waals surface area contributed by atoms with E-state index in [2.05, 4.69) is 6.58 Å². The van der Waals surface area contributed by atoms with Crippen molar-refractivity contribution in [2.75, 3.05) is 24.5 Å². The van der Waals surface area contributed by atoms with E-state index in [1.807, 2.05) is 6.07 Å². The molecule has 2 aliphatic rings. The molecule has 0 aromatic heterocycles. The Kier molecular flexibility index (Phi) is 4.51. The molecule has 1 saturated heterocycles. The Bertz CT molecular complexity index is 949. The summed E-state index contributed by atoms with van der Waals surface area (Å²) in [7, 11) is 0. The van der Waals surface area contributed by atoms with Crippen molar-refractivity contribution in [3.05, 3.63) is 77.6 Å². The normalized spacial score (nSPS) is 17.5. The highest BCUT2D eigenvalue weighted by atomic mass is 19.1. The summed E-state index contributed by atoms with van der Waals surface area (Å²) in [6.07, 6.45) is 2.93. The molecule has 2 aliphatic heterocycles. The van der Waals surface area contributed by atoms with Gasteiger partial charge in [-0.15, -0.1) is 0 Å². The number of rotatable bonds is 3. The summed E-state index contributed by atoms with van der Waals surface area (Å²) in [5.74, 6) is -0.675. The predicted octanol–water partition coefficient (Wildman–Crippen LogP) is 2.63. The number of hydrogen-bond donors (Lipinski definition) is 1. The maximum atomic E-state index is 13.1. The fourth-order valence-corrected chi connectivity index (χ4v) is 3.92. The van der Waals surface area contributed by atoms with E-state index in [0.717, 1.165) is 24.1 Å². The number of anilines is 1. The van der Waals surface area contributed by atoms with Crippen LogP contribution >= 0.6 is 0 Å². The summed E-state index contributed by atoms with van der Waals surface area (Å²) in [5, 5.41) is 10.7. The van der Waals surface area contributed by atoms with Gasteiger partial charge >= 0.3 is 0 Å². The van der Waals surface area contributed by atoms with Crippen molar-refractivity contribution in [3.63, 3.8) is 0 Å². The summed E-state index contributed by atoms with van der Waals surface area (Å²) in [6.45, 7) is 4.51. The van der Waals surface area contributed by atoms with Crippen molar-refractivity contribution >= 4 is 17.5 Å². The molecule has 0 saturated carbocycles. The number of aryl methyl sites for hydroxylation is 1. The van der Waals surface area contributed by atoms with Crippen LogP contribution in [0.4, 0.5) is 10.1 Å². The Balaban J connectivity index is 1.50. The highest BCUT2D eigenvalue weighted by Gasteiger charge is 2.45. The molecule has 0 spiro atoms. The minimum absolute atomic E-state index is 0.146. The second kappa shape index (κ2) is 6.87. The van der Waals surface area contributed by atoms with Crippen LogP contribution in [0.2, 0.25) is 0 Å². The van der Waals surface area contributed by atoms with Crippen molar-refractivity contribution in [2.45, 2.75) is 18.4 Å². The van der Waals surface area contributed by atoms with Gasteiger partial charge in [0, 0.05) is 17.8 Å². The lowest BCUT2D eigenvalue weighted by atomic mass is 9.85. The molecule has 0 unspecified atom stereocenters. The smallest absolute Gasteiger partial charge is 0.254 e. The Morgan fingerprint density at radius 3 is 2.54 bits per heavy atom. The molecule has 144 valence electrons. The lowest BCUT2D eigenvalue weighted by Crippen LogP contribution is -2.61. The van der Waals surface area contributed by atoms with Gasteiger partial charge in [-0.3, -0.25) is 9.59 Å². The van der Waals surface area contributed by atoms with Crippen LogP contribution in [0.15, 0.2) is 55.1 Å². The second-order valence-corrected chi connectivity index (χ2v) is 7.34. The minimum atomic E-state index is -1.15. The Morgan fingerprint density at radius 1 is 1.14 bits per heavy atom. The van der Waals surface area contributed by atoms with Gasteiger partial charge in [0.05, 0.1) is 13.1 Å². The molecule has 6 heteroatoms. The van der Waals surface area contributed by atoms with E-state index in [9.17, 15) is 19.1 Å². The zero-order chi connectivity index (χ0) is 19.9.